The number of carbonyl (C=O) groups excluding carboxylic acids is 1. The average Bonchev–Trinajstić information content (AvgIpc) is 3.25. The number of aromatic nitrogens is 2. The maximum Gasteiger partial charge on any atom is 0.250 e. The van der Waals surface area contributed by atoms with Gasteiger partial charge >= 0.3 is 0 Å². The number of methoxy groups -OCH3 is 1. The van der Waals surface area contributed by atoms with Crippen molar-refractivity contribution in [3.63, 3.8) is 0 Å². The summed E-state index contributed by atoms with van der Waals surface area (Å²) in [5.74, 6) is 0.990. The number of hydrogen-bond acceptors (Lipinski definition) is 4. The van der Waals surface area contributed by atoms with Crippen molar-refractivity contribution in [3.8, 4) is 27.7 Å². The van der Waals surface area contributed by atoms with Crippen molar-refractivity contribution < 1.29 is 9.53 Å². The maximum atomic E-state index is 11.8. The van der Waals surface area contributed by atoms with E-state index in [1.54, 1.807) is 18.4 Å². The predicted molar refractivity (Wildman–Crippen MR) is 110 cm³/mol. The molecule has 1 aromatic carbocycles. The smallest absolute Gasteiger partial charge is 0.250 e. The second-order valence-electron chi connectivity index (χ2n) is 6.99. The second-order valence-corrected chi connectivity index (χ2v) is 7.85. The van der Waals surface area contributed by atoms with Gasteiger partial charge in [0.15, 0.2) is 0 Å². The lowest BCUT2D eigenvalue weighted by Gasteiger charge is -2.12. The molecule has 3 rings (SSSR count). The van der Waals surface area contributed by atoms with E-state index < -0.39 is 5.91 Å². The van der Waals surface area contributed by atoms with E-state index in [-0.39, 0.29) is 0 Å². The number of hydrogen-bond donors (Lipinski definition) is 1. The van der Waals surface area contributed by atoms with Gasteiger partial charge in [0.25, 0.3) is 5.91 Å². The molecule has 142 valence electrons. The van der Waals surface area contributed by atoms with Crippen molar-refractivity contribution in [2.75, 3.05) is 7.11 Å². The highest BCUT2D eigenvalue weighted by Crippen LogP contribution is 2.32. The molecule has 0 unspecified atom stereocenters. The molecule has 5 nitrogen and oxygen atoms in total. The Bertz CT molecular complexity index is 939. The van der Waals surface area contributed by atoms with Crippen molar-refractivity contribution in [2.24, 2.45) is 11.7 Å². The summed E-state index contributed by atoms with van der Waals surface area (Å²) in [6.45, 7) is 7.17. The fourth-order valence-electron chi connectivity index (χ4n) is 3.04. The summed E-state index contributed by atoms with van der Waals surface area (Å²) in [6, 6.07) is 9.72. The summed E-state index contributed by atoms with van der Waals surface area (Å²) < 4.78 is 7.38. The minimum atomic E-state index is -0.400. The first-order valence-electron chi connectivity index (χ1n) is 9.01. The number of benzene rings is 1. The summed E-state index contributed by atoms with van der Waals surface area (Å²) in [4.78, 5) is 16.6. The quantitative estimate of drug-likeness (QED) is 0.640. The number of rotatable bonds is 7. The summed E-state index contributed by atoms with van der Waals surface area (Å²) in [7, 11) is 1.65. The average molecular weight is 384 g/mol. The molecule has 2 aromatic heterocycles. The van der Waals surface area contributed by atoms with E-state index in [2.05, 4.69) is 18.4 Å². The molecule has 0 aliphatic heterocycles. The zero-order valence-electron chi connectivity index (χ0n) is 16.2. The van der Waals surface area contributed by atoms with Gasteiger partial charge in [-0.2, -0.15) is 0 Å². The Morgan fingerprint density at radius 1 is 1.30 bits per heavy atom. The fourth-order valence-corrected chi connectivity index (χ4v) is 3.86. The molecule has 0 radical (unpaired) electrons. The lowest BCUT2D eigenvalue weighted by molar-refractivity contribution is 0.0999. The minimum Gasteiger partial charge on any atom is -0.497 e. The van der Waals surface area contributed by atoms with Crippen LogP contribution >= 0.6 is 11.3 Å². The van der Waals surface area contributed by atoms with Crippen LogP contribution in [0.15, 0.2) is 35.7 Å². The molecule has 6 heteroatoms. The first-order valence-corrected chi connectivity index (χ1v) is 9.89. The van der Waals surface area contributed by atoms with Gasteiger partial charge in [-0.1, -0.05) is 13.8 Å². The molecule has 0 fully saturated rings. The number of carbonyl (C=O) groups is 1. The van der Waals surface area contributed by atoms with Gasteiger partial charge in [-0.05, 0) is 49.6 Å². The Balaban J connectivity index is 1.99. The number of nitrogens with two attached hydrogens (primary N) is 1. The van der Waals surface area contributed by atoms with Crippen LogP contribution in [0.2, 0.25) is 0 Å². The lowest BCUT2D eigenvalue weighted by Crippen LogP contribution is -2.13. The van der Waals surface area contributed by atoms with E-state index in [1.165, 1.54) is 0 Å². The fraction of sp³-hybridized carbons (Fsp3) is 0.333. The van der Waals surface area contributed by atoms with Crippen LogP contribution in [-0.2, 0) is 6.54 Å². The molecular formula is C21H25N3O2S. The van der Waals surface area contributed by atoms with Gasteiger partial charge in [0.05, 0.1) is 24.1 Å². The van der Waals surface area contributed by atoms with E-state index in [9.17, 15) is 4.79 Å². The molecule has 0 aliphatic carbocycles. The van der Waals surface area contributed by atoms with Crippen LogP contribution in [0.5, 0.6) is 5.75 Å². The first-order chi connectivity index (χ1) is 12.9. The molecule has 2 heterocycles. The van der Waals surface area contributed by atoms with E-state index in [4.69, 9.17) is 15.5 Å². The summed E-state index contributed by atoms with van der Waals surface area (Å²) in [5, 5.41) is 2.97. The number of nitrogens with zero attached hydrogens (tertiary/aromatic N) is 2. The Morgan fingerprint density at radius 2 is 2.00 bits per heavy atom. The summed E-state index contributed by atoms with van der Waals surface area (Å²) in [5.41, 5.74) is 9.88. The van der Waals surface area contributed by atoms with Crippen LogP contribution in [0.1, 0.15) is 36.3 Å². The third-order valence-electron chi connectivity index (χ3n) is 4.67. The van der Waals surface area contributed by atoms with Crippen molar-refractivity contribution >= 4 is 17.2 Å². The van der Waals surface area contributed by atoms with Crippen molar-refractivity contribution in [1.29, 1.82) is 0 Å². The highest BCUT2D eigenvalue weighted by Gasteiger charge is 2.19. The molecule has 27 heavy (non-hydrogen) atoms. The summed E-state index contributed by atoms with van der Waals surface area (Å²) in [6.07, 6.45) is 1.02. The molecule has 0 bridgehead atoms. The van der Waals surface area contributed by atoms with E-state index in [0.717, 1.165) is 46.4 Å². The van der Waals surface area contributed by atoms with Gasteiger partial charge in [0.2, 0.25) is 0 Å². The number of thiazole rings is 1. The molecule has 0 saturated heterocycles. The Hall–Kier alpha value is -2.60. The number of primary amides is 1. The highest BCUT2D eigenvalue weighted by atomic mass is 32.1. The molecule has 0 saturated carbocycles. The molecule has 3 aromatic rings. The predicted octanol–water partition coefficient (Wildman–Crippen LogP) is 4.74. The third-order valence-corrected chi connectivity index (χ3v) is 5.56. The van der Waals surface area contributed by atoms with Crippen LogP contribution in [0.4, 0.5) is 0 Å². The minimum absolute atomic E-state index is 0.400. The van der Waals surface area contributed by atoms with Crippen LogP contribution in [0.25, 0.3) is 22.0 Å². The highest BCUT2D eigenvalue weighted by molar-refractivity contribution is 7.13. The van der Waals surface area contributed by atoms with E-state index >= 15 is 0 Å². The van der Waals surface area contributed by atoms with Crippen molar-refractivity contribution in [1.82, 2.24) is 9.55 Å². The number of ether oxygens (including phenoxy) is 1. The van der Waals surface area contributed by atoms with Crippen LogP contribution in [0, 0.1) is 12.8 Å². The van der Waals surface area contributed by atoms with Gasteiger partial charge in [-0.25, -0.2) is 4.98 Å². The first kappa shape index (κ1) is 19.2. The molecule has 0 atom stereocenters. The van der Waals surface area contributed by atoms with Gasteiger partial charge in [0.1, 0.15) is 10.8 Å². The largest absolute Gasteiger partial charge is 0.497 e. The Morgan fingerprint density at radius 3 is 2.59 bits per heavy atom. The third kappa shape index (κ3) is 4.06. The van der Waals surface area contributed by atoms with Gasteiger partial charge in [0, 0.05) is 23.2 Å². The number of amides is 1. The SMILES string of the molecule is COc1ccc(-c2nc(-c3cc(C(N)=O)c(C)n3CCC(C)C)cs2)cc1. The second kappa shape index (κ2) is 7.96. The van der Waals surface area contributed by atoms with Crippen LogP contribution < -0.4 is 10.5 Å². The van der Waals surface area contributed by atoms with Crippen LogP contribution in [-0.4, -0.2) is 22.6 Å². The molecule has 0 aliphatic rings. The van der Waals surface area contributed by atoms with Crippen molar-refractivity contribution in [2.45, 2.75) is 33.7 Å². The summed E-state index contributed by atoms with van der Waals surface area (Å²) >= 11 is 1.59. The zero-order chi connectivity index (χ0) is 19.6. The normalized spacial score (nSPS) is 11.1. The lowest BCUT2D eigenvalue weighted by atomic mass is 10.1. The van der Waals surface area contributed by atoms with Crippen LogP contribution in [0.3, 0.4) is 0 Å². The molecule has 2 N–H and O–H groups in total. The van der Waals surface area contributed by atoms with Crippen molar-refractivity contribution in [3.05, 3.63) is 47.0 Å². The maximum absolute atomic E-state index is 11.8. The van der Waals surface area contributed by atoms with Gasteiger partial charge in [-0.3, -0.25) is 4.79 Å². The van der Waals surface area contributed by atoms with Gasteiger partial charge in [-0.15, -0.1) is 11.3 Å². The van der Waals surface area contributed by atoms with E-state index in [1.807, 2.05) is 42.6 Å². The Labute approximate surface area is 163 Å². The zero-order valence-corrected chi connectivity index (χ0v) is 17.0. The Kier molecular flexibility index (Phi) is 5.65. The molecule has 1 amide bonds. The monoisotopic (exact) mass is 383 g/mol. The van der Waals surface area contributed by atoms with Gasteiger partial charge < -0.3 is 15.0 Å². The van der Waals surface area contributed by atoms with E-state index in [0.29, 0.717) is 11.5 Å². The molecular weight excluding hydrogens is 358 g/mol. The molecule has 0 spiro atoms. The standard InChI is InChI=1S/C21H25N3O2S/c1-13(2)9-10-24-14(3)17(20(22)25)11-19(24)18-12-27-21(23-18)15-5-7-16(26-4)8-6-15/h5-8,11-13H,9-10H2,1-4H3,(H2,22,25). The topological polar surface area (TPSA) is 70.1 Å².